The number of halogens is 2. The Balaban J connectivity index is 0.00000264. The van der Waals surface area contributed by atoms with Gasteiger partial charge in [0.1, 0.15) is 6.04 Å². The number of nitrogens with two attached hydrogens (primary N) is 2. The fourth-order valence-electron chi connectivity index (χ4n) is 2.51. The quantitative estimate of drug-likeness (QED) is 0.764. The van der Waals surface area contributed by atoms with E-state index in [-0.39, 0.29) is 37.3 Å². The zero-order valence-electron chi connectivity index (χ0n) is 13.5. The monoisotopic (exact) mass is 378 g/mol. The molecule has 2 amide bonds. The van der Waals surface area contributed by atoms with Crippen molar-refractivity contribution in [2.24, 2.45) is 11.5 Å². The minimum atomic E-state index is -0.605. The average molecular weight is 379 g/mol. The van der Waals surface area contributed by atoms with Crippen molar-refractivity contribution in [3.05, 3.63) is 29.8 Å². The molecule has 1 unspecified atom stereocenters. The molecule has 0 spiro atoms. The van der Waals surface area contributed by atoms with Crippen LogP contribution in [0.5, 0.6) is 0 Å². The zero-order valence-corrected chi connectivity index (χ0v) is 15.1. The highest BCUT2D eigenvalue weighted by Gasteiger charge is 2.25. The standard InChI is InChI=1S/C15H22N4O3.2ClH/c1-22-10-13(16)15(21)19-8-6-18(7-9-19)12-4-2-11(3-5-12)14(17)20;;/h2-5,13H,6-10,16H2,1H3,(H2,17,20);2*1H. The number of nitrogens with zero attached hydrogens (tertiary/aromatic N) is 2. The van der Waals surface area contributed by atoms with Crippen LogP contribution in [0.4, 0.5) is 5.69 Å². The Labute approximate surface area is 154 Å². The number of piperazine rings is 1. The number of carbonyl (C=O) groups is 2. The molecule has 1 aliphatic heterocycles. The van der Waals surface area contributed by atoms with Gasteiger partial charge in [0.2, 0.25) is 11.8 Å². The van der Waals surface area contributed by atoms with E-state index in [1.807, 2.05) is 12.1 Å². The van der Waals surface area contributed by atoms with E-state index in [4.69, 9.17) is 16.2 Å². The molecule has 1 aliphatic rings. The third-order valence-corrected chi connectivity index (χ3v) is 3.77. The van der Waals surface area contributed by atoms with Crippen LogP contribution >= 0.6 is 24.8 Å². The van der Waals surface area contributed by atoms with Gasteiger partial charge in [-0.1, -0.05) is 0 Å². The van der Waals surface area contributed by atoms with E-state index in [1.54, 1.807) is 17.0 Å². The number of primary amides is 1. The van der Waals surface area contributed by atoms with E-state index in [1.165, 1.54) is 7.11 Å². The van der Waals surface area contributed by atoms with Crippen molar-refractivity contribution in [1.82, 2.24) is 4.90 Å². The summed E-state index contributed by atoms with van der Waals surface area (Å²) in [6, 6.07) is 6.56. The first-order valence-electron chi connectivity index (χ1n) is 7.21. The maximum absolute atomic E-state index is 12.1. The molecule has 136 valence electrons. The lowest BCUT2D eigenvalue weighted by Crippen LogP contribution is -2.54. The van der Waals surface area contributed by atoms with Crippen molar-refractivity contribution in [1.29, 1.82) is 0 Å². The summed E-state index contributed by atoms with van der Waals surface area (Å²) in [7, 11) is 1.53. The second-order valence-corrected chi connectivity index (χ2v) is 5.29. The third kappa shape index (κ3) is 5.52. The van der Waals surface area contributed by atoms with Gasteiger partial charge in [-0.15, -0.1) is 24.8 Å². The predicted molar refractivity (Wildman–Crippen MR) is 98.1 cm³/mol. The minimum Gasteiger partial charge on any atom is -0.383 e. The number of amides is 2. The molecule has 0 radical (unpaired) electrons. The van der Waals surface area contributed by atoms with Crippen LogP contribution in [-0.4, -0.2) is 62.7 Å². The minimum absolute atomic E-state index is 0. The average Bonchev–Trinajstić information content (AvgIpc) is 2.54. The fraction of sp³-hybridized carbons (Fsp3) is 0.467. The van der Waals surface area contributed by atoms with Crippen molar-refractivity contribution in [2.45, 2.75) is 6.04 Å². The van der Waals surface area contributed by atoms with E-state index < -0.39 is 11.9 Å². The molecular formula is C15H24Cl2N4O3. The Hall–Kier alpha value is -1.54. The van der Waals surface area contributed by atoms with Gasteiger partial charge >= 0.3 is 0 Å². The first kappa shape index (κ1) is 22.5. The van der Waals surface area contributed by atoms with E-state index >= 15 is 0 Å². The number of rotatable bonds is 5. The van der Waals surface area contributed by atoms with E-state index in [0.717, 1.165) is 18.8 Å². The lowest BCUT2D eigenvalue weighted by atomic mass is 10.1. The molecule has 1 aromatic rings. The number of anilines is 1. The van der Waals surface area contributed by atoms with Gasteiger partial charge in [0.05, 0.1) is 6.61 Å². The fourth-order valence-corrected chi connectivity index (χ4v) is 2.51. The van der Waals surface area contributed by atoms with Crippen LogP contribution in [0.3, 0.4) is 0 Å². The molecular weight excluding hydrogens is 355 g/mol. The maximum atomic E-state index is 12.1. The Bertz CT molecular complexity index is 534. The second-order valence-electron chi connectivity index (χ2n) is 5.29. The highest BCUT2D eigenvalue weighted by atomic mass is 35.5. The van der Waals surface area contributed by atoms with Gasteiger partial charge in [-0.3, -0.25) is 9.59 Å². The molecule has 24 heavy (non-hydrogen) atoms. The lowest BCUT2D eigenvalue weighted by molar-refractivity contribution is -0.134. The molecule has 0 bridgehead atoms. The SMILES string of the molecule is COCC(N)C(=O)N1CCN(c2ccc(C(N)=O)cc2)CC1.Cl.Cl. The van der Waals surface area contributed by atoms with Crippen molar-refractivity contribution in [2.75, 3.05) is 44.8 Å². The lowest BCUT2D eigenvalue weighted by Gasteiger charge is -2.37. The smallest absolute Gasteiger partial charge is 0.248 e. The van der Waals surface area contributed by atoms with E-state index in [9.17, 15) is 9.59 Å². The second kappa shape index (κ2) is 10.4. The van der Waals surface area contributed by atoms with Crippen LogP contribution in [0.1, 0.15) is 10.4 Å². The van der Waals surface area contributed by atoms with Crippen LogP contribution in [-0.2, 0) is 9.53 Å². The number of hydrogen-bond donors (Lipinski definition) is 2. The molecule has 2 rings (SSSR count). The molecule has 1 heterocycles. The molecule has 1 fully saturated rings. The number of methoxy groups -OCH3 is 1. The van der Waals surface area contributed by atoms with Gasteiger partial charge in [0.25, 0.3) is 0 Å². The Kier molecular flexibility index (Phi) is 9.69. The molecule has 0 saturated carbocycles. The molecule has 1 saturated heterocycles. The summed E-state index contributed by atoms with van der Waals surface area (Å²) >= 11 is 0. The van der Waals surface area contributed by atoms with Crippen LogP contribution in [0, 0.1) is 0 Å². The van der Waals surface area contributed by atoms with Crippen LogP contribution < -0.4 is 16.4 Å². The zero-order chi connectivity index (χ0) is 16.1. The van der Waals surface area contributed by atoms with Crippen molar-refractivity contribution in [3.8, 4) is 0 Å². The van der Waals surface area contributed by atoms with E-state index in [2.05, 4.69) is 4.90 Å². The summed E-state index contributed by atoms with van der Waals surface area (Å²) in [4.78, 5) is 27.1. The molecule has 4 N–H and O–H groups in total. The van der Waals surface area contributed by atoms with Crippen LogP contribution in [0.15, 0.2) is 24.3 Å². The van der Waals surface area contributed by atoms with Gasteiger partial charge in [-0.2, -0.15) is 0 Å². The molecule has 7 nitrogen and oxygen atoms in total. The normalized spacial score (nSPS) is 15.1. The van der Waals surface area contributed by atoms with Crippen molar-refractivity contribution in [3.63, 3.8) is 0 Å². The summed E-state index contributed by atoms with van der Waals surface area (Å²) in [5, 5.41) is 0. The van der Waals surface area contributed by atoms with Gasteiger partial charge in [-0.25, -0.2) is 0 Å². The van der Waals surface area contributed by atoms with E-state index in [0.29, 0.717) is 18.7 Å². The van der Waals surface area contributed by atoms with Crippen LogP contribution in [0.2, 0.25) is 0 Å². The summed E-state index contributed by atoms with van der Waals surface area (Å²) in [5.74, 6) is -0.514. The van der Waals surface area contributed by atoms with Crippen molar-refractivity contribution >= 4 is 42.3 Å². The summed E-state index contributed by atoms with van der Waals surface area (Å²) in [6.07, 6.45) is 0. The largest absolute Gasteiger partial charge is 0.383 e. The number of hydrogen-bond acceptors (Lipinski definition) is 5. The maximum Gasteiger partial charge on any atom is 0.248 e. The molecule has 1 atom stereocenters. The van der Waals surface area contributed by atoms with Gasteiger partial charge in [-0.05, 0) is 24.3 Å². The van der Waals surface area contributed by atoms with Crippen molar-refractivity contribution < 1.29 is 14.3 Å². The molecule has 1 aromatic carbocycles. The highest BCUT2D eigenvalue weighted by Crippen LogP contribution is 2.17. The van der Waals surface area contributed by atoms with Gasteiger partial charge < -0.3 is 26.0 Å². The molecule has 0 aliphatic carbocycles. The van der Waals surface area contributed by atoms with Gasteiger partial charge in [0.15, 0.2) is 0 Å². The highest BCUT2D eigenvalue weighted by molar-refractivity contribution is 5.93. The third-order valence-electron chi connectivity index (χ3n) is 3.77. The molecule has 0 aromatic heterocycles. The number of carbonyl (C=O) groups excluding carboxylic acids is 2. The summed E-state index contributed by atoms with van der Waals surface area (Å²) in [6.45, 7) is 2.91. The Morgan fingerprint density at radius 2 is 1.67 bits per heavy atom. The summed E-state index contributed by atoms with van der Waals surface area (Å²) < 4.78 is 4.92. The van der Waals surface area contributed by atoms with Gasteiger partial charge in [0, 0.05) is 44.5 Å². The van der Waals surface area contributed by atoms with Crippen LogP contribution in [0.25, 0.3) is 0 Å². The molecule has 9 heteroatoms. The number of ether oxygens (including phenoxy) is 1. The Morgan fingerprint density at radius 3 is 2.12 bits per heavy atom. The first-order valence-corrected chi connectivity index (χ1v) is 7.21. The Morgan fingerprint density at radius 1 is 1.12 bits per heavy atom. The number of benzene rings is 1. The first-order chi connectivity index (χ1) is 10.5. The summed E-state index contributed by atoms with van der Waals surface area (Å²) in [5.41, 5.74) is 12.5. The predicted octanol–water partition coefficient (Wildman–Crippen LogP) is 0.251. The topological polar surface area (TPSA) is 102 Å².